The SMILES string of the molecule is CC(CC(=O)O)SCCS(C)(=O)=O. The molecular weight excluding hydrogens is 212 g/mol. The van der Waals surface area contributed by atoms with Gasteiger partial charge in [-0.05, 0) is 0 Å². The van der Waals surface area contributed by atoms with Crippen molar-refractivity contribution >= 4 is 27.6 Å². The monoisotopic (exact) mass is 226 g/mol. The van der Waals surface area contributed by atoms with E-state index in [0.717, 1.165) is 0 Å². The highest BCUT2D eigenvalue weighted by molar-refractivity contribution is 8.01. The zero-order chi connectivity index (χ0) is 10.5. The highest BCUT2D eigenvalue weighted by Crippen LogP contribution is 2.13. The molecule has 0 saturated heterocycles. The molecule has 0 rings (SSSR count). The van der Waals surface area contributed by atoms with E-state index in [2.05, 4.69) is 0 Å². The largest absolute Gasteiger partial charge is 0.481 e. The highest BCUT2D eigenvalue weighted by Gasteiger charge is 2.09. The summed E-state index contributed by atoms with van der Waals surface area (Å²) in [7, 11) is -2.92. The third kappa shape index (κ3) is 9.69. The minimum absolute atomic E-state index is 0.0285. The van der Waals surface area contributed by atoms with Gasteiger partial charge >= 0.3 is 5.97 Å². The van der Waals surface area contributed by atoms with E-state index in [0.29, 0.717) is 5.75 Å². The number of hydrogen-bond acceptors (Lipinski definition) is 4. The lowest BCUT2D eigenvalue weighted by molar-refractivity contribution is -0.136. The maximum absolute atomic E-state index is 10.7. The van der Waals surface area contributed by atoms with Gasteiger partial charge in [-0.15, -0.1) is 0 Å². The molecule has 0 aromatic carbocycles. The Kier molecular flexibility index (Phi) is 5.39. The molecule has 0 aromatic heterocycles. The smallest absolute Gasteiger partial charge is 0.304 e. The van der Waals surface area contributed by atoms with E-state index in [1.54, 1.807) is 6.92 Å². The molecule has 1 N–H and O–H groups in total. The summed E-state index contributed by atoms with van der Waals surface area (Å²) in [4.78, 5) is 10.2. The fraction of sp³-hybridized carbons (Fsp3) is 0.857. The molecular formula is C7H14O4S2. The number of thioether (sulfide) groups is 1. The Hall–Kier alpha value is -0.230. The van der Waals surface area contributed by atoms with Gasteiger partial charge in [-0.3, -0.25) is 4.79 Å². The average Bonchev–Trinajstić information content (AvgIpc) is 1.81. The van der Waals surface area contributed by atoms with E-state index >= 15 is 0 Å². The van der Waals surface area contributed by atoms with Crippen LogP contribution in [0.4, 0.5) is 0 Å². The summed E-state index contributed by atoms with van der Waals surface area (Å²) in [5.74, 6) is -0.270. The molecule has 0 aliphatic heterocycles. The maximum atomic E-state index is 10.7. The summed E-state index contributed by atoms with van der Waals surface area (Å²) in [5.41, 5.74) is 0. The van der Waals surface area contributed by atoms with Gasteiger partial charge in [0, 0.05) is 17.3 Å². The Labute approximate surface area is 82.6 Å². The summed E-state index contributed by atoms with van der Waals surface area (Å²) in [6.07, 6.45) is 1.25. The zero-order valence-electron chi connectivity index (χ0n) is 7.69. The standard InChI is InChI=1S/C7H14O4S2/c1-6(5-7(8)9)12-3-4-13(2,10)11/h6H,3-5H2,1-2H3,(H,8,9). The van der Waals surface area contributed by atoms with E-state index in [9.17, 15) is 13.2 Å². The van der Waals surface area contributed by atoms with Crippen molar-refractivity contribution in [3.05, 3.63) is 0 Å². The Morgan fingerprint density at radius 1 is 1.54 bits per heavy atom. The van der Waals surface area contributed by atoms with Crippen LogP contribution in [0.2, 0.25) is 0 Å². The number of sulfone groups is 1. The van der Waals surface area contributed by atoms with Crippen molar-refractivity contribution in [2.24, 2.45) is 0 Å². The molecule has 6 heteroatoms. The lowest BCUT2D eigenvalue weighted by Gasteiger charge is -2.06. The van der Waals surface area contributed by atoms with Crippen LogP contribution >= 0.6 is 11.8 Å². The van der Waals surface area contributed by atoms with Gasteiger partial charge in [0.05, 0.1) is 12.2 Å². The van der Waals surface area contributed by atoms with Crippen LogP contribution in [0.5, 0.6) is 0 Å². The molecule has 0 aliphatic carbocycles. The van der Waals surface area contributed by atoms with Crippen LogP contribution in [-0.4, -0.2) is 42.5 Å². The zero-order valence-corrected chi connectivity index (χ0v) is 9.32. The number of rotatable bonds is 6. The van der Waals surface area contributed by atoms with Gasteiger partial charge in [0.15, 0.2) is 0 Å². The second-order valence-electron chi connectivity index (χ2n) is 2.91. The first-order valence-electron chi connectivity index (χ1n) is 3.82. The van der Waals surface area contributed by atoms with Crippen LogP contribution in [0.3, 0.4) is 0 Å². The Balaban J connectivity index is 3.60. The fourth-order valence-corrected chi connectivity index (χ4v) is 2.96. The van der Waals surface area contributed by atoms with Crippen LogP contribution in [-0.2, 0) is 14.6 Å². The molecule has 4 nitrogen and oxygen atoms in total. The predicted octanol–water partition coefficient (Wildman–Crippen LogP) is 0.627. The van der Waals surface area contributed by atoms with E-state index < -0.39 is 15.8 Å². The molecule has 78 valence electrons. The van der Waals surface area contributed by atoms with Crippen LogP contribution in [0.25, 0.3) is 0 Å². The average molecular weight is 226 g/mol. The second kappa shape index (κ2) is 5.49. The van der Waals surface area contributed by atoms with Crippen molar-refractivity contribution in [3.8, 4) is 0 Å². The van der Waals surface area contributed by atoms with Gasteiger partial charge in [-0.1, -0.05) is 6.92 Å². The second-order valence-corrected chi connectivity index (χ2v) is 6.72. The Morgan fingerprint density at radius 2 is 2.08 bits per heavy atom. The summed E-state index contributed by atoms with van der Waals surface area (Å²) in [6.45, 7) is 1.78. The lowest BCUT2D eigenvalue weighted by atomic mass is 10.3. The van der Waals surface area contributed by atoms with Crippen molar-refractivity contribution in [3.63, 3.8) is 0 Å². The molecule has 1 unspecified atom stereocenters. The number of carboxylic acid groups (broad SMARTS) is 1. The number of hydrogen-bond donors (Lipinski definition) is 1. The van der Waals surface area contributed by atoms with Gasteiger partial charge < -0.3 is 5.11 Å². The van der Waals surface area contributed by atoms with Gasteiger partial charge in [-0.25, -0.2) is 8.42 Å². The van der Waals surface area contributed by atoms with Crippen LogP contribution < -0.4 is 0 Å². The maximum Gasteiger partial charge on any atom is 0.304 e. The minimum atomic E-state index is -2.92. The molecule has 0 aliphatic rings. The summed E-state index contributed by atoms with van der Waals surface area (Å²) >= 11 is 1.37. The summed E-state index contributed by atoms with van der Waals surface area (Å²) in [6, 6.07) is 0. The first-order chi connectivity index (χ1) is 5.81. The third-order valence-corrected chi connectivity index (χ3v) is 3.70. The predicted molar refractivity (Wildman–Crippen MR) is 53.9 cm³/mol. The van der Waals surface area contributed by atoms with E-state index in [4.69, 9.17) is 5.11 Å². The molecule has 0 spiro atoms. The number of carbonyl (C=O) groups is 1. The van der Waals surface area contributed by atoms with Crippen LogP contribution in [0, 0.1) is 0 Å². The van der Waals surface area contributed by atoms with Gasteiger partial charge in [0.1, 0.15) is 9.84 Å². The third-order valence-electron chi connectivity index (χ3n) is 1.32. The highest BCUT2D eigenvalue weighted by atomic mass is 32.2. The van der Waals surface area contributed by atoms with Crippen molar-refractivity contribution in [1.82, 2.24) is 0 Å². The molecule has 13 heavy (non-hydrogen) atoms. The molecule has 0 heterocycles. The molecule has 0 bridgehead atoms. The molecule has 0 amide bonds. The molecule has 0 saturated carbocycles. The molecule has 0 radical (unpaired) electrons. The quantitative estimate of drug-likeness (QED) is 0.719. The first kappa shape index (κ1) is 12.8. The Bertz CT molecular complexity index is 258. The topological polar surface area (TPSA) is 71.4 Å². The van der Waals surface area contributed by atoms with Gasteiger partial charge in [-0.2, -0.15) is 11.8 Å². The normalized spacial score (nSPS) is 14.0. The first-order valence-corrected chi connectivity index (χ1v) is 6.93. The van der Waals surface area contributed by atoms with Crippen LogP contribution in [0.1, 0.15) is 13.3 Å². The number of aliphatic carboxylic acids is 1. The summed E-state index contributed by atoms with van der Waals surface area (Å²) in [5, 5.41) is 8.38. The molecule has 0 fully saturated rings. The number of carboxylic acids is 1. The van der Waals surface area contributed by atoms with E-state index in [-0.39, 0.29) is 17.4 Å². The van der Waals surface area contributed by atoms with Crippen molar-refractivity contribution in [2.75, 3.05) is 17.8 Å². The van der Waals surface area contributed by atoms with Gasteiger partial charge in [0.2, 0.25) is 0 Å². The summed E-state index contributed by atoms with van der Waals surface area (Å²) < 4.78 is 21.4. The van der Waals surface area contributed by atoms with E-state index in [1.165, 1.54) is 18.0 Å². The molecule has 1 atom stereocenters. The Morgan fingerprint density at radius 3 is 2.46 bits per heavy atom. The van der Waals surface area contributed by atoms with Crippen molar-refractivity contribution in [2.45, 2.75) is 18.6 Å². The van der Waals surface area contributed by atoms with Crippen LogP contribution in [0.15, 0.2) is 0 Å². The lowest BCUT2D eigenvalue weighted by Crippen LogP contribution is -2.10. The van der Waals surface area contributed by atoms with Crippen molar-refractivity contribution < 1.29 is 18.3 Å². The minimum Gasteiger partial charge on any atom is -0.481 e. The van der Waals surface area contributed by atoms with E-state index in [1.807, 2.05) is 0 Å². The molecule has 0 aromatic rings. The van der Waals surface area contributed by atoms with Crippen molar-refractivity contribution in [1.29, 1.82) is 0 Å². The fourth-order valence-electron chi connectivity index (χ4n) is 0.706. The van der Waals surface area contributed by atoms with Gasteiger partial charge in [0.25, 0.3) is 0 Å².